The largest absolute Gasteiger partial charge is 0.425 e. The highest BCUT2D eigenvalue weighted by molar-refractivity contribution is 5.83. The fourth-order valence-electron chi connectivity index (χ4n) is 3.72. The molecule has 0 unspecified atom stereocenters. The molecule has 2 aromatic heterocycles. The van der Waals surface area contributed by atoms with E-state index >= 15 is 0 Å². The maximum Gasteiger partial charge on any atom is 0.223 e. The number of amides is 1. The van der Waals surface area contributed by atoms with Crippen molar-refractivity contribution in [1.29, 1.82) is 0 Å². The van der Waals surface area contributed by atoms with Gasteiger partial charge in [0.2, 0.25) is 17.7 Å². The van der Waals surface area contributed by atoms with Crippen molar-refractivity contribution in [3.8, 4) is 0 Å². The average molecular weight is 417 g/mol. The molecule has 0 atom stereocenters. The number of hydrogen-bond acceptors (Lipinski definition) is 4. The molecule has 0 saturated heterocycles. The average Bonchev–Trinajstić information content (AvgIpc) is 3.43. The summed E-state index contributed by atoms with van der Waals surface area (Å²) in [6.45, 7) is 2.73. The number of aryl methyl sites for hydroxylation is 4. The van der Waals surface area contributed by atoms with E-state index < -0.39 is 0 Å². The lowest BCUT2D eigenvalue weighted by Gasteiger charge is -2.17. The molecule has 2 aromatic carbocycles. The third kappa shape index (κ3) is 5.20. The maximum absolute atomic E-state index is 12.5. The fraction of sp³-hybridized carbons (Fsp3) is 0.320. The van der Waals surface area contributed by atoms with E-state index in [-0.39, 0.29) is 5.91 Å². The van der Waals surface area contributed by atoms with Gasteiger partial charge in [0, 0.05) is 50.0 Å². The van der Waals surface area contributed by atoms with Crippen LogP contribution in [0.2, 0.25) is 0 Å². The summed E-state index contributed by atoms with van der Waals surface area (Å²) in [5.41, 5.74) is 4.80. The second kappa shape index (κ2) is 9.60. The van der Waals surface area contributed by atoms with Gasteiger partial charge in [0.25, 0.3) is 0 Å². The fourth-order valence-corrected chi connectivity index (χ4v) is 3.72. The van der Waals surface area contributed by atoms with Crippen LogP contribution in [0, 0.1) is 0 Å². The molecule has 160 valence electrons. The first-order valence-electron chi connectivity index (χ1n) is 10.8. The first kappa shape index (κ1) is 20.8. The third-order valence-electron chi connectivity index (χ3n) is 5.62. The van der Waals surface area contributed by atoms with E-state index in [0.29, 0.717) is 37.6 Å². The van der Waals surface area contributed by atoms with Crippen molar-refractivity contribution in [1.82, 2.24) is 20.1 Å². The minimum absolute atomic E-state index is 0.0677. The van der Waals surface area contributed by atoms with Crippen LogP contribution >= 0.6 is 0 Å². The van der Waals surface area contributed by atoms with Gasteiger partial charge in [-0.25, -0.2) is 0 Å². The zero-order valence-electron chi connectivity index (χ0n) is 18.1. The van der Waals surface area contributed by atoms with E-state index in [1.807, 2.05) is 25.4 Å². The highest BCUT2D eigenvalue weighted by atomic mass is 16.4. The molecule has 0 bridgehead atoms. The van der Waals surface area contributed by atoms with Gasteiger partial charge in [-0.1, -0.05) is 49.4 Å². The summed E-state index contributed by atoms with van der Waals surface area (Å²) in [5.74, 6) is 1.19. The monoisotopic (exact) mass is 416 g/mol. The van der Waals surface area contributed by atoms with Gasteiger partial charge >= 0.3 is 0 Å². The Hall–Kier alpha value is -3.41. The number of carbonyl (C=O) groups excluding carboxylic acids is 1. The molecular formula is C25H28N4O2. The van der Waals surface area contributed by atoms with Crippen LogP contribution in [0.25, 0.3) is 10.9 Å². The van der Waals surface area contributed by atoms with Gasteiger partial charge < -0.3 is 14.3 Å². The van der Waals surface area contributed by atoms with Gasteiger partial charge in [-0.2, -0.15) is 0 Å². The van der Waals surface area contributed by atoms with Gasteiger partial charge in [-0.15, -0.1) is 10.2 Å². The molecule has 4 aromatic rings. The number of H-pyrrole nitrogens is 1. The van der Waals surface area contributed by atoms with Crippen LogP contribution in [0.5, 0.6) is 0 Å². The van der Waals surface area contributed by atoms with Crippen LogP contribution in [-0.4, -0.2) is 33.0 Å². The molecule has 0 aliphatic rings. The van der Waals surface area contributed by atoms with Gasteiger partial charge in [-0.05, 0) is 35.6 Å². The van der Waals surface area contributed by atoms with E-state index in [0.717, 1.165) is 23.9 Å². The van der Waals surface area contributed by atoms with E-state index in [1.54, 1.807) is 4.90 Å². The first-order chi connectivity index (χ1) is 15.1. The van der Waals surface area contributed by atoms with Gasteiger partial charge in [0.15, 0.2) is 0 Å². The summed E-state index contributed by atoms with van der Waals surface area (Å²) in [4.78, 5) is 17.5. The number of carbonyl (C=O) groups is 1. The van der Waals surface area contributed by atoms with Crippen molar-refractivity contribution in [2.75, 3.05) is 7.05 Å². The highest BCUT2D eigenvalue weighted by Crippen LogP contribution is 2.19. The number of rotatable bonds is 9. The minimum atomic E-state index is 0.0677. The predicted octanol–water partition coefficient (Wildman–Crippen LogP) is 4.49. The van der Waals surface area contributed by atoms with Crippen molar-refractivity contribution in [2.45, 2.75) is 45.6 Å². The normalized spacial score (nSPS) is 11.2. The van der Waals surface area contributed by atoms with Crippen molar-refractivity contribution in [2.24, 2.45) is 0 Å². The molecule has 6 nitrogen and oxygen atoms in total. The van der Waals surface area contributed by atoms with Crippen LogP contribution in [-0.2, 0) is 37.0 Å². The Morgan fingerprint density at radius 3 is 2.45 bits per heavy atom. The number of para-hydroxylation sites is 1. The van der Waals surface area contributed by atoms with E-state index in [9.17, 15) is 4.79 Å². The number of fused-ring (bicyclic) bond motifs is 1. The molecule has 0 aliphatic carbocycles. The summed E-state index contributed by atoms with van der Waals surface area (Å²) >= 11 is 0. The maximum atomic E-state index is 12.5. The lowest BCUT2D eigenvalue weighted by atomic mass is 10.1. The number of nitrogens with one attached hydrogen (secondary N) is 1. The van der Waals surface area contributed by atoms with Crippen molar-refractivity contribution < 1.29 is 9.21 Å². The first-order valence-corrected chi connectivity index (χ1v) is 10.8. The third-order valence-corrected chi connectivity index (χ3v) is 5.62. The summed E-state index contributed by atoms with van der Waals surface area (Å²) in [5, 5.41) is 9.49. The lowest BCUT2D eigenvalue weighted by molar-refractivity contribution is -0.130. The van der Waals surface area contributed by atoms with Crippen LogP contribution in [0.15, 0.2) is 59.1 Å². The molecule has 0 saturated carbocycles. The molecule has 2 heterocycles. The quantitative estimate of drug-likeness (QED) is 0.436. The molecule has 1 N–H and O–H groups in total. The number of benzene rings is 2. The van der Waals surface area contributed by atoms with E-state index in [1.165, 1.54) is 16.5 Å². The Kier molecular flexibility index (Phi) is 6.46. The van der Waals surface area contributed by atoms with Crippen molar-refractivity contribution in [3.63, 3.8) is 0 Å². The molecule has 6 heteroatoms. The Balaban J connectivity index is 1.26. The molecule has 0 aliphatic heterocycles. The molecule has 1 amide bonds. The van der Waals surface area contributed by atoms with Crippen LogP contribution in [0.1, 0.15) is 41.8 Å². The predicted molar refractivity (Wildman–Crippen MR) is 121 cm³/mol. The number of nitrogens with zero attached hydrogens (tertiary/aromatic N) is 3. The summed E-state index contributed by atoms with van der Waals surface area (Å²) < 4.78 is 5.76. The van der Waals surface area contributed by atoms with E-state index in [4.69, 9.17) is 4.42 Å². The van der Waals surface area contributed by atoms with Gasteiger partial charge in [-0.3, -0.25) is 4.79 Å². The topological polar surface area (TPSA) is 75.0 Å². The Bertz CT molecular complexity index is 1140. The number of aromatic amines is 1. The summed E-state index contributed by atoms with van der Waals surface area (Å²) in [6, 6.07) is 16.6. The second-order valence-electron chi connectivity index (χ2n) is 7.87. The standard InChI is InChI=1S/C25H28N4O2/c1-3-18-8-10-19(11-9-18)17-29(2)25(30)15-14-24-28-27-23(31-24)13-12-20-16-26-22-7-5-4-6-21(20)22/h4-11,16,26H,3,12-15,17H2,1-2H3. The van der Waals surface area contributed by atoms with Crippen molar-refractivity contribution in [3.05, 3.63) is 83.2 Å². The zero-order chi connectivity index (χ0) is 21.6. The zero-order valence-corrected chi connectivity index (χ0v) is 18.1. The molecule has 0 radical (unpaired) electrons. The SMILES string of the molecule is CCc1ccc(CN(C)C(=O)CCc2nnc(CCc3c[nH]c4ccccc34)o2)cc1. The highest BCUT2D eigenvalue weighted by Gasteiger charge is 2.13. The lowest BCUT2D eigenvalue weighted by Crippen LogP contribution is -2.26. The van der Waals surface area contributed by atoms with Gasteiger partial charge in [0.05, 0.1) is 0 Å². The number of hydrogen-bond donors (Lipinski definition) is 1. The van der Waals surface area contributed by atoms with E-state index in [2.05, 4.69) is 58.5 Å². The Labute approximate surface area is 182 Å². The molecule has 31 heavy (non-hydrogen) atoms. The summed E-state index contributed by atoms with van der Waals surface area (Å²) in [6.07, 6.45) is 5.36. The Morgan fingerprint density at radius 1 is 0.968 bits per heavy atom. The Morgan fingerprint density at radius 2 is 1.68 bits per heavy atom. The molecule has 4 rings (SSSR count). The van der Waals surface area contributed by atoms with Crippen LogP contribution in [0.3, 0.4) is 0 Å². The smallest absolute Gasteiger partial charge is 0.223 e. The van der Waals surface area contributed by atoms with Crippen LogP contribution in [0.4, 0.5) is 0 Å². The molecule has 0 spiro atoms. The van der Waals surface area contributed by atoms with Crippen molar-refractivity contribution >= 4 is 16.8 Å². The second-order valence-corrected chi connectivity index (χ2v) is 7.87. The van der Waals surface area contributed by atoms with Crippen LogP contribution < -0.4 is 0 Å². The molecular weight excluding hydrogens is 388 g/mol. The molecule has 0 fully saturated rings. The number of aromatic nitrogens is 3. The minimum Gasteiger partial charge on any atom is -0.425 e. The van der Waals surface area contributed by atoms with Gasteiger partial charge in [0.1, 0.15) is 0 Å². The summed E-state index contributed by atoms with van der Waals surface area (Å²) in [7, 11) is 1.83.